The number of ketones is 3. The fourth-order valence-electron chi connectivity index (χ4n) is 8.43. The zero-order valence-corrected chi connectivity index (χ0v) is 33.3. The second-order valence-electron chi connectivity index (χ2n) is 15.9. The Morgan fingerprint density at radius 3 is 2.39 bits per heavy atom. The molecule has 0 spiro atoms. The van der Waals surface area contributed by atoms with E-state index in [2.05, 4.69) is 5.32 Å². The highest BCUT2D eigenvalue weighted by atomic mass is 16.7. The number of alkyl carbamates (subject to hydrolysis) is 1. The van der Waals surface area contributed by atoms with Crippen LogP contribution >= 0.6 is 0 Å². The average molecular weight is 849 g/mol. The molecule has 19 nitrogen and oxygen atoms in total. The van der Waals surface area contributed by atoms with Crippen LogP contribution in [0.5, 0.6) is 17.2 Å². The first-order valence-corrected chi connectivity index (χ1v) is 19.6. The zero-order chi connectivity index (χ0) is 44.1. The standard InChI is InChI=1S/C42H44N2O17/c1-19-34(49)23(43-40(55)59-20-7-5-13-41(2,14-6-8-20)39(54)61-44-27(47)11-12-28(44)48)15-29(58-19)60-25-17-42(56,26(46)18-45)16-22-31(25)38(53)33-32(36(22)51)35(50)21-9-4-10-24(57-3)30(21)37(33)52/h4-5,7,9-10,19-20,25,29,45,49,51,53,56H,6,8,11-18H2,1-3H3,(H,43,55)/b7-5+/t19?,20-,25-,29-,41+,42-/m0/s1. The van der Waals surface area contributed by atoms with Crippen LogP contribution in [0.15, 0.2) is 41.8 Å². The number of aromatic hydroxyl groups is 2. The van der Waals surface area contributed by atoms with Gasteiger partial charge in [-0.15, -0.1) is 5.06 Å². The van der Waals surface area contributed by atoms with Crippen molar-refractivity contribution in [2.24, 2.45) is 5.41 Å². The van der Waals surface area contributed by atoms with Crippen LogP contribution in [0.4, 0.5) is 4.79 Å². The quantitative estimate of drug-likeness (QED) is 0.103. The van der Waals surface area contributed by atoms with Crippen LogP contribution in [-0.4, -0.2) is 110 Å². The summed E-state index contributed by atoms with van der Waals surface area (Å²) in [6, 6.07) is 4.25. The molecule has 1 saturated heterocycles. The van der Waals surface area contributed by atoms with E-state index in [0.29, 0.717) is 11.5 Å². The Balaban J connectivity index is 1.09. The van der Waals surface area contributed by atoms with E-state index in [0.717, 1.165) is 0 Å². The van der Waals surface area contributed by atoms with Gasteiger partial charge in [0.2, 0.25) is 5.78 Å². The van der Waals surface area contributed by atoms with E-state index in [1.54, 1.807) is 19.1 Å². The summed E-state index contributed by atoms with van der Waals surface area (Å²) in [5.41, 5.74) is -5.50. The van der Waals surface area contributed by atoms with Crippen LogP contribution in [0.3, 0.4) is 0 Å². The number of imide groups is 1. The van der Waals surface area contributed by atoms with Gasteiger partial charge in [0.15, 0.2) is 17.9 Å². The third-order valence-corrected chi connectivity index (χ3v) is 11.8. The van der Waals surface area contributed by atoms with E-state index in [9.17, 15) is 59.1 Å². The summed E-state index contributed by atoms with van der Waals surface area (Å²) in [5, 5.41) is 58.7. The number of rotatable bonds is 9. The number of phenols is 2. The van der Waals surface area contributed by atoms with Gasteiger partial charge in [-0.05, 0) is 51.7 Å². The molecule has 6 atom stereocenters. The first-order valence-electron chi connectivity index (χ1n) is 19.6. The molecule has 2 aromatic carbocycles. The molecule has 61 heavy (non-hydrogen) atoms. The molecule has 2 heterocycles. The molecule has 1 unspecified atom stereocenters. The van der Waals surface area contributed by atoms with Gasteiger partial charge in [-0.1, -0.05) is 18.2 Å². The number of phenolic OH excluding ortho intramolecular Hbond substituents is 2. The number of hydrogen-bond acceptors (Lipinski definition) is 17. The SMILES string of the molecule is COc1cccc2c1C(=O)c1c(O)c3c(c(O)c1C2=O)C[C@@](O)(C(=O)CO)C[C@@H]3O[C@H]1CC(NC(=O)O[C@H]2/C=C/C[C@@](C)(C(=O)ON3C(=O)CCC3=O)CCC2)=C(O)C(C)O1. The van der Waals surface area contributed by atoms with Gasteiger partial charge >= 0.3 is 12.1 Å². The molecule has 3 amide bonds. The molecule has 0 bridgehead atoms. The lowest BCUT2D eigenvalue weighted by atomic mass is 9.72. The Hall–Kier alpha value is -6.15. The summed E-state index contributed by atoms with van der Waals surface area (Å²) in [6.07, 6.45) is -3.27. The number of hydrogen-bond donors (Lipinski definition) is 6. The number of nitrogens with zero attached hydrogens (tertiary/aromatic N) is 1. The minimum Gasteiger partial charge on any atom is -0.508 e. The maximum Gasteiger partial charge on any atom is 0.412 e. The summed E-state index contributed by atoms with van der Waals surface area (Å²) in [5.74, 6) is -6.61. The lowest BCUT2D eigenvalue weighted by molar-refractivity contribution is -0.210. The van der Waals surface area contributed by atoms with E-state index in [4.69, 9.17) is 23.8 Å². The third kappa shape index (κ3) is 7.73. The van der Waals surface area contributed by atoms with Gasteiger partial charge in [-0.25, -0.2) is 9.59 Å². The van der Waals surface area contributed by atoms with Crippen molar-refractivity contribution in [1.29, 1.82) is 0 Å². The molecule has 5 aliphatic rings. The number of benzene rings is 2. The fourth-order valence-corrected chi connectivity index (χ4v) is 8.43. The fraction of sp³-hybridized carbons (Fsp3) is 0.452. The second kappa shape index (κ2) is 16.4. The number of amides is 3. The van der Waals surface area contributed by atoms with Gasteiger partial charge in [0, 0.05) is 48.8 Å². The minimum atomic E-state index is -2.40. The van der Waals surface area contributed by atoms with Crippen LogP contribution in [0.1, 0.15) is 114 Å². The van der Waals surface area contributed by atoms with Crippen LogP contribution in [-0.2, 0) is 44.6 Å². The number of methoxy groups -OCH3 is 1. The van der Waals surface area contributed by atoms with Gasteiger partial charge in [0.05, 0.1) is 41.0 Å². The van der Waals surface area contributed by atoms with E-state index in [1.807, 2.05) is 0 Å². The molecule has 7 rings (SSSR count). The summed E-state index contributed by atoms with van der Waals surface area (Å²) in [7, 11) is 1.29. The number of hydroxylamine groups is 2. The van der Waals surface area contributed by atoms with E-state index >= 15 is 0 Å². The largest absolute Gasteiger partial charge is 0.508 e. The molecular formula is C42H44N2O17. The highest BCUT2D eigenvalue weighted by molar-refractivity contribution is 6.31. The maximum atomic E-state index is 14.0. The van der Waals surface area contributed by atoms with Crippen molar-refractivity contribution >= 4 is 41.2 Å². The van der Waals surface area contributed by atoms with E-state index in [1.165, 1.54) is 32.2 Å². The number of Topliss-reactive ketones (excluding diaryl/α,β-unsaturated/α-hetero) is 1. The van der Waals surface area contributed by atoms with Crippen molar-refractivity contribution in [2.75, 3.05) is 13.7 Å². The van der Waals surface area contributed by atoms with Crippen molar-refractivity contribution in [3.05, 3.63) is 75.2 Å². The van der Waals surface area contributed by atoms with Crippen molar-refractivity contribution in [3.8, 4) is 17.2 Å². The lowest BCUT2D eigenvalue weighted by Gasteiger charge is -2.40. The number of aliphatic hydroxyl groups is 3. The van der Waals surface area contributed by atoms with Gasteiger partial charge in [0.25, 0.3) is 11.8 Å². The van der Waals surface area contributed by atoms with Gasteiger partial charge in [-0.3, -0.25) is 29.3 Å². The topological polar surface area (TPSA) is 282 Å². The van der Waals surface area contributed by atoms with Crippen molar-refractivity contribution in [1.82, 2.24) is 10.4 Å². The Kier molecular flexibility index (Phi) is 11.5. The highest BCUT2D eigenvalue weighted by Crippen LogP contribution is 2.52. The smallest absolute Gasteiger partial charge is 0.412 e. The normalized spacial score (nSPS) is 27.9. The van der Waals surface area contributed by atoms with Gasteiger partial charge < -0.3 is 49.3 Å². The maximum absolute atomic E-state index is 14.0. The average Bonchev–Trinajstić information content (AvgIpc) is 3.53. The second-order valence-corrected chi connectivity index (χ2v) is 15.9. The molecular weight excluding hydrogens is 804 g/mol. The Morgan fingerprint density at radius 2 is 1.70 bits per heavy atom. The number of carbonyl (C=O) groups is 7. The van der Waals surface area contributed by atoms with E-state index in [-0.39, 0.29) is 72.2 Å². The number of carbonyl (C=O) groups excluding carboxylic acids is 7. The monoisotopic (exact) mass is 848 g/mol. The molecule has 2 aromatic rings. The van der Waals surface area contributed by atoms with Crippen LogP contribution in [0.2, 0.25) is 0 Å². The molecule has 0 radical (unpaired) electrons. The molecule has 0 aromatic heterocycles. The minimum absolute atomic E-state index is 0.0336. The summed E-state index contributed by atoms with van der Waals surface area (Å²) in [4.78, 5) is 96.0. The first-order chi connectivity index (χ1) is 28.9. The highest BCUT2D eigenvalue weighted by Gasteiger charge is 2.50. The Bertz CT molecular complexity index is 2300. The van der Waals surface area contributed by atoms with Crippen LogP contribution < -0.4 is 10.1 Å². The molecule has 3 aliphatic carbocycles. The predicted octanol–water partition coefficient (Wildman–Crippen LogP) is 2.92. The van der Waals surface area contributed by atoms with Gasteiger partial charge in [-0.2, -0.15) is 0 Å². The molecule has 2 aliphatic heterocycles. The van der Waals surface area contributed by atoms with E-state index < -0.39 is 125 Å². The summed E-state index contributed by atoms with van der Waals surface area (Å²) in [6.45, 7) is 1.96. The molecule has 324 valence electrons. The summed E-state index contributed by atoms with van der Waals surface area (Å²) < 4.78 is 23.0. The molecule has 0 saturated carbocycles. The number of nitrogens with one attached hydrogen (secondary N) is 1. The number of fused-ring (bicyclic) bond motifs is 3. The number of ether oxygens (including phenoxy) is 4. The molecule has 19 heteroatoms. The lowest BCUT2D eigenvalue weighted by Crippen LogP contribution is -2.48. The first kappa shape index (κ1) is 43.0. The van der Waals surface area contributed by atoms with Crippen LogP contribution in [0.25, 0.3) is 0 Å². The predicted molar refractivity (Wildman–Crippen MR) is 204 cm³/mol. The Morgan fingerprint density at radius 1 is 1.00 bits per heavy atom. The Labute approximate surface area is 347 Å². The van der Waals surface area contributed by atoms with Gasteiger partial charge in [0.1, 0.15) is 47.4 Å². The van der Waals surface area contributed by atoms with Crippen molar-refractivity contribution in [3.63, 3.8) is 0 Å². The van der Waals surface area contributed by atoms with Crippen molar-refractivity contribution < 1.29 is 82.9 Å². The molecule has 6 N–H and O–H groups in total. The third-order valence-electron chi connectivity index (χ3n) is 11.8. The molecule has 1 fully saturated rings. The number of allylic oxidation sites excluding steroid dienone is 1. The zero-order valence-electron chi connectivity index (χ0n) is 33.3. The number of aliphatic hydroxyl groups excluding tert-OH is 2. The van der Waals surface area contributed by atoms with Crippen molar-refractivity contribution in [2.45, 2.75) is 102 Å². The van der Waals surface area contributed by atoms with Crippen LogP contribution in [0, 0.1) is 5.41 Å². The summed E-state index contributed by atoms with van der Waals surface area (Å²) >= 11 is 0.